The molecule has 0 aliphatic rings. The Hall–Kier alpha value is -2.28. The molecule has 3 aromatic rings. The summed E-state index contributed by atoms with van der Waals surface area (Å²) in [5, 5.41) is 10.8. The van der Waals surface area contributed by atoms with Crippen molar-refractivity contribution >= 4 is 28.3 Å². The van der Waals surface area contributed by atoms with Gasteiger partial charge < -0.3 is 9.67 Å². The number of carboxylic acids is 1. The second kappa shape index (κ2) is 5.84. The number of imidazole rings is 1. The quantitative estimate of drug-likeness (QED) is 0.783. The fourth-order valence-electron chi connectivity index (χ4n) is 2.33. The summed E-state index contributed by atoms with van der Waals surface area (Å²) >= 11 is 1.55. The van der Waals surface area contributed by atoms with Gasteiger partial charge in [-0.3, -0.25) is 4.79 Å². The fraction of sp³-hybridized carbons (Fsp3) is 0.200. The minimum atomic E-state index is -0.966. The van der Waals surface area contributed by atoms with Crippen molar-refractivity contribution in [2.24, 2.45) is 0 Å². The first-order chi connectivity index (χ1) is 10.5. The highest BCUT2D eigenvalue weighted by atomic mass is 32.1. The molecule has 7 heteroatoms. The third-order valence-corrected chi connectivity index (χ3v) is 4.21. The standard InChI is InChI=1S/C15H12F2N2O2S/c16-10-7-12-13(8-11(10)17)19(4-3-15(20)21)14(18-12)6-9-2-1-5-22-9/h1-2,5,7-8H,3-4,6H2,(H,20,21). The first-order valence-corrected chi connectivity index (χ1v) is 7.51. The molecule has 0 bridgehead atoms. The lowest BCUT2D eigenvalue weighted by molar-refractivity contribution is -0.137. The maximum atomic E-state index is 13.5. The highest BCUT2D eigenvalue weighted by molar-refractivity contribution is 7.09. The second-order valence-corrected chi connectivity index (χ2v) is 5.87. The van der Waals surface area contributed by atoms with Crippen molar-refractivity contribution in [2.45, 2.75) is 19.4 Å². The molecular weight excluding hydrogens is 310 g/mol. The van der Waals surface area contributed by atoms with Crippen molar-refractivity contribution in [1.29, 1.82) is 0 Å². The van der Waals surface area contributed by atoms with Crippen LogP contribution in [0.25, 0.3) is 11.0 Å². The number of hydrogen-bond donors (Lipinski definition) is 1. The van der Waals surface area contributed by atoms with E-state index in [0.717, 1.165) is 17.0 Å². The normalized spacial score (nSPS) is 11.2. The summed E-state index contributed by atoms with van der Waals surface area (Å²) in [5.41, 5.74) is 0.738. The van der Waals surface area contributed by atoms with Gasteiger partial charge in [0, 0.05) is 30.0 Å². The van der Waals surface area contributed by atoms with Crippen molar-refractivity contribution in [3.05, 3.63) is 52.0 Å². The second-order valence-electron chi connectivity index (χ2n) is 4.83. The summed E-state index contributed by atoms with van der Waals surface area (Å²) in [7, 11) is 0. The number of benzene rings is 1. The molecule has 3 rings (SSSR count). The molecule has 1 aromatic carbocycles. The summed E-state index contributed by atoms with van der Waals surface area (Å²) in [4.78, 5) is 16.2. The van der Waals surface area contributed by atoms with Crippen LogP contribution in [0.3, 0.4) is 0 Å². The summed E-state index contributed by atoms with van der Waals surface area (Å²) in [5.74, 6) is -2.28. The average Bonchev–Trinajstić information content (AvgIpc) is 3.06. The zero-order valence-electron chi connectivity index (χ0n) is 11.4. The van der Waals surface area contributed by atoms with Crippen LogP contribution in [-0.2, 0) is 17.8 Å². The number of aromatic nitrogens is 2. The predicted octanol–water partition coefficient (Wildman–Crippen LogP) is 3.44. The van der Waals surface area contributed by atoms with Crippen LogP contribution in [0.15, 0.2) is 29.6 Å². The Labute approximate surface area is 128 Å². The van der Waals surface area contributed by atoms with Crippen LogP contribution in [0.4, 0.5) is 8.78 Å². The van der Waals surface area contributed by atoms with Crippen molar-refractivity contribution in [3.63, 3.8) is 0 Å². The van der Waals surface area contributed by atoms with E-state index in [0.29, 0.717) is 23.3 Å². The lowest BCUT2D eigenvalue weighted by Gasteiger charge is -2.07. The van der Waals surface area contributed by atoms with Crippen LogP contribution < -0.4 is 0 Å². The minimum absolute atomic E-state index is 0.109. The predicted molar refractivity (Wildman–Crippen MR) is 79.0 cm³/mol. The molecule has 0 fully saturated rings. The van der Waals surface area contributed by atoms with Crippen molar-refractivity contribution in [1.82, 2.24) is 9.55 Å². The molecule has 114 valence electrons. The van der Waals surface area contributed by atoms with Crippen LogP contribution in [-0.4, -0.2) is 20.6 Å². The van der Waals surface area contributed by atoms with E-state index in [-0.39, 0.29) is 13.0 Å². The molecule has 0 atom stereocenters. The zero-order valence-corrected chi connectivity index (χ0v) is 12.2. The first kappa shape index (κ1) is 14.6. The lowest BCUT2D eigenvalue weighted by Crippen LogP contribution is -2.08. The molecule has 4 nitrogen and oxygen atoms in total. The van der Waals surface area contributed by atoms with Crippen LogP contribution in [0, 0.1) is 11.6 Å². The third-order valence-electron chi connectivity index (χ3n) is 3.33. The lowest BCUT2D eigenvalue weighted by atomic mass is 10.3. The number of rotatable bonds is 5. The molecule has 2 aromatic heterocycles. The Balaban J connectivity index is 2.07. The third kappa shape index (κ3) is 2.85. The highest BCUT2D eigenvalue weighted by Crippen LogP contribution is 2.23. The smallest absolute Gasteiger partial charge is 0.305 e. The van der Waals surface area contributed by atoms with E-state index in [1.165, 1.54) is 0 Å². The van der Waals surface area contributed by atoms with Gasteiger partial charge in [-0.2, -0.15) is 0 Å². The number of fused-ring (bicyclic) bond motifs is 1. The van der Waals surface area contributed by atoms with Gasteiger partial charge in [0.15, 0.2) is 11.6 Å². The molecule has 2 heterocycles. The van der Waals surface area contributed by atoms with Gasteiger partial charge in [0.05, 0.1) is 17.5 Å². The number of carbonyl (C=O) groups is 1. The molecule has 0 saturated heterocycles. The van der Waals surface area contributed by atoms with E-state index < -0.39 is 17.6 Å². The molecule has 0 aliphatic carbocycles. The van der Waals surface area contributed by atoms with Crippen LogP contribution in [0.1, 0.15) is 17.1 Å². The van der Waals surface area contributed by atoms with Crippen molar-refractivity contribution in [3.8, 4) is 0 Å². The van der Waals surface area contributed by atoms with Gasteiger partial charge in [0.25, 0.3) is 0 Å². The van der Waals surface area contributed by atoms with Crippen LogP contribution in [0.2, 0.25) is 0 Å². The van der Waals surface area contributed by atoms with Gasteiger partial charge in [-0.05, 0) is 11.4 Å². The molecule has 0 saturated carbocycles. The maximum absolute atomic E-state index is 13.5. The van der Waals surface area contributed by atoms with E-state index in [4.69, 9.17) is 5.11 Å². The van der Waals surface area contributed by atoms with Gasteiger partial charge in [0.1, 0.15) is 5.82 Å². The molecule has 22 heavy (non-hydrogen) atoms. The van der Waals surface area contributed by atoms with Crippen LogP contribution in [0.5, 0.6) is 0 Å². The number of thiophene rings is 1. The van der Waals surface area contributed by atoms with E-state index in [1.54, 1.807) is 15.9 Å². The van der Waals surface area contributed by atoms with Gasteiger partial charge in [0.2, 0.25) is 0 Å². The van der Waals surface area contributed by atoms with Gasteiger partial charge >= 0.3 is 5.97 Å². The Kier molecular flexibility index (Phi) is 3.89. The Bertz CT molecular complexity index is 828. The molecule has 0 radical (unpaired) electrons. The highest BCUT2D eigenvalue weighted by Gasteiger charge is 2.15. The number of nitrogens with zero attached hydrogens (tertiary/aromatic N) is 2. The van der Waals surface area contributed by atoms with E-state index in [9.17, 15) is 13.6 Å². The number of carboxylic acid groups (broad SMARTS) is 1. The summed E-state index contributed by atoms with van der Waals surface area (Å²) in [6, 6.07) is 5.95. The average molecular weight is 322 g/mol. The van der Waals surface area contributed by atoms with Crippen LogP contribution >= 0.6 is 11.3 Å². The van der Waals surface area contributed by atoms with E-state index in [2.05, 4.69) is 4.98 Å². The van der Waals surface area contributed by atoms with Crippen molar-refractivity contribution in [2.75, 3.05) is 0 Å². The number of aryl methyl sites for hydroxylation is 1. The summed E-state index contributed by atoms with van der Waals surface area (Å²) < 4.78 is 28.5. The zero-order chi connectivity index (χ0) is 15.7. The minimum Gasteiger partial charge on any atom is -0.481 e. The number of aliphatic carboxylic acids is 1. The number of hydrogen-bond acceptors (Lipinski definition) is 3. The Morgan fingerprint density at radius 3 is 2.77 bits per heavy atom. The molecule has 0 unspecified atom stereocenters. The first-order valence-electron chi connectivity index (χ1n) is 6.63. The summed E-state index contributed by atoms with van der Waals surface area (Å²) in [6.07, 6.45) is 0.386. The van der Waals surface area contributed by atoms with Gasteiger partial charge in [-0.1, -0.05) is 6.07 Å². The fourth-order valence-corrected chi connectivity index (χ4v) is 3.03. The van der Waals surface area contributed by atoms with Gasteiger partial charge in [-0.25, -0.2) is 13.8 Å². The number of halogens is 2. The molecule has 0 aliphatic heterocycles. The van der Waals surface area contributed by atoms with Gasteiger partial charge in [-0.15, -0.1) is 11.3 Å². The Morgan fingerprint density at radius 1 is 1.32 bits per heavy atom. The largest absolute Gasteiger partial charge is 0.481 e. The van der Waals surface area contributed by atoms with Crippen molar-refractivity contribution < 1.29 is 18.7 Å². The molecular formula is C15H12F2N2O2S. The molecule has 0 amide bonds. The monoisotopic (exact) mass is 322 g/mol. The molecule has 0 spiro atoms. The SMILES string of the molecule is O=C(O)CCn1c(Cc2cccs2)nc2cc(F)c(F)cc21. The Morgan fingerprint density at radius 2 is 2.09 bits per heavy atom. The summed E-state index contributed by atoms with van der Waals surface area (Å²) in [6.45, 7) is 0.164. The van der Waals surface area contributed by atoms with E-state index in [1.807, 2.05) is 17.5 Å². The van der Waals surface area contributed by atoms with E-state index >= 15 is 0 Å². The molecule has 1 N–H and O–H groups in total. The topological polar surface area (TPSA) is 55.1 Å². The maximum Gasteiger partial charge on any atom is 0.305 e.